The molecule has 0 N–H and O–H groups in total. The highest BCUT2D eigenvalue weighted by molar-refractivity contribution is 7.98. The summed E-state index contributed by atoms with van der Waals surface area (Å²) in [4.78, 5) is 8.23. The molecule has 2 fully saturated rings. The number of pyridine rings is 1. The van der Waals surface area contributed by atoms with Gasteiger partial charge in [-0.05, 0) is 82.5 Å². The molecular weight excluding hydrogens is 395 g/mol. The molecule has 2 aliphatic heterocycles. The van der Waals surface area contributed by atoms with Crippen LogP contribution in [0.4, 0.5) is 4.39 Å². The molecule has 2 spiro atoms. The summed E-state index contributed by atoms with van der Waals surface area (Å²) in [5.74, 6) is 0.964. The van der Waals surface area contributed by atoms with Crippen LogP contribution in [-0.2, 0) is 6.42 Å². The number of likely N-dealkylation sites (tertiary alicyclic amines) is 1. The lowest BCUT2D eigenvalue weighted by atomic mass is 9.54. The molecule has 3 aliphatic rings. The summed E-state index contributed by atoms with van der Waals surface area (Å²) in [6.45, 7) is 5.92. The Morgan fingerprint density at radius 2 is 1.87 bits per heavy atom. The molecule has 3 nitrogen and oxygen atoms in total. The second-order valence-electron chi connectivity index (χ2n) is 10.2. The second-order valence-corrected chi connectivity index (χ2v) is 11.1. The SMILES string of the molecule is CSc1ccc(-c2cc3c(cn2)OC2(C3)CC3(CCN(CC(C)(C)F)CC3)C2)cc1. The van der Waals surface area contributed by atoms with E-state index in [-0.39, 0.29) is 5.60 Å². The van der Waals surface area contributed by atoms with Crippen LogP contribution >= 0.6 is 11.8 Å². The number of hydrogen-bond donors (Lipinski definition) is 0. The minimum Gasteiger partial charge on any atom is -0.485 e. The Morgan fingerprint density at radius 1 is 1.17 bits per heavy atom. The van der Waals surface area contributed by atoms with Crippen molar-refractivity contribution in [2.24, 2.45) is 5.41 Å². The first-order chi connectivity index (χ1) is 14.3. The van der Waals surface area contributed by atoms with Crippen molar-refractivity contribution in [1.29, 1.82) is 0 Å². The van der Waals surface area contributed by atoms with E-state index >= 15 is 0 Å². The zero-order chi connectivity index (χ0) is 21.0. The smallest absolute Gasteiger partial charge is 0.141 e. The van der Waals surface area contributed by atoms with Gasteiger partial charge >= 0.3 is 0 Å². The van der Waals surface area contributed by atoms with Crippen molar-refractivity contribution in [3.8, 4) is 17.0 Å². The first kappa shape index (κ1) is 20.3. The summed E-state index contributed by atoms with van der Waals surface area (Å²) in [6, 6.07) is 10.8. The Kier molecular flexibility index (Phi) is 4.90. The van der Waals surface area contributed by atoms with E-state index in [1.807, 2.05) is 6.20 Å². The van der Waals surface area contributed by atoms with Crippen LogP contribution in [0.25, 0.3) is 11.3 Å². The van der Waals surface area contributed by atoms with Gasteiger partial charge in [-0.25, -0.2) is 4.39 Å². The van der Waals surface area contributed by atoms with Crippen LogP contribution in [0.1, 0.15) is 45.1 Å². The molecule has 5 rings (SSSR count). The molecule has 1 aromatic carbocycles. The molecule has 1 aliphatic carbocycles. The fourth-order valence-electron chi connectivity index (χ4n) is 5.83. The highest BCUT2D eigenvalue weighted by atomic mass is 32.2. The van der Waals surface area contributed by atoms with E-state index < -0.39 is 5.67 Å². The largest absolute Gasteiger partial charge is 0.485 e. The Labute approximate surface area is 183 Å². The number of halogens is 1. The number of nitrogens with zero attached hydrogens (tertiary/aromatic N) is 2. The minimum atomic E-state index is -1.11. The van der Waals surface area contributed by atoms with Crippen LogP contribution in [-0.4, -0.2) is 47.0 Å². The standard InChI is InChI=1S/C25H31FN2OS/c1-23(2,26)17-28-10-8-24(9-11-28)15-25(16-24)13-19-12-21(27-14-22(19)29-25)18-4-6-20(30-3)7-5-18/h4-7,12,14H,8-11,13,15-17H2,1-3H3. The number of ether oxygens (including phenoxy) is 1. The van der Waals surface area contributed by atoms with Gasteiger partial charge in [0.25, 0.3) is 0 Å². The van der Waals surface area contributed by atoms with Crippen molar-refractivity contribution < 1.29 is 9.13 Å². The highest BCUT2D eigenvalue weighted by Gasteiger charge is 2.59. The third-order valence-electron chi connectivity index (χ3n) is 7.08. The summed E-state index contributed by atoms with van der Waals surface area (Å²) in [5.41, 5.74) is 2.72. The number of rotatable bonds is 4. The zero-order valence-electron chi connectivity index (χ0n) is 18.2. The maximum Gasteiger partial charge on any atom is 0.141 e. The van der Waals surface area contributed by atoms with Gasteiger partial charge in [-0.3, -0.25) is 4.98 Å². The van der Waals surface area contributed by atoms with E-state index in [4.69, 9.17) is 4.74 Å². The Balaban J connectivity index is 1.23. The normalized spacial score (nSPS) is 22.0. The van der Waals surface area contributed by atoms with Crippen molar-refractivity contribution in [2.75, 3.05) is 25.9 Å². The molecular formula is C25H31FN2OS. The fourth-order valence-corrected chi connectivity index (χ4v) is 6.24. The number of hydrogen-bond acceptors (Lipinski definition) is 4. The Hall–Kier alpha value is -1.59. The zero-order valence-corrected chi connectivity index (χ0v) is 19.0. The molecule has 0 radical (unpaired) electrons. The average molecular weight is 427 g/mol. The quantitative estimate of drug-likeness (QED) is 0.580. The predicted octanol–water partition coefficient (Wildman–Crippen LogP) is 5.77. The van der Waals surface area contributed by atoms with Crippen molar-refractivity contribution in [2.45, 2.75) is 62.1 Å². The molecule has 2 aromatic rings. The lowest BCUT2D eigenvalue weighted by Gasteiger charge is -2.57. The summed E-state index contributed by atoms with van der Waals surface area (Å²) in [6.07, 6.45) is 9.57. The van der Waals surface area contributed by atoms with Crippen LogP contribution in [0.15, 0.2) is 41.4 Å². The van der Waals surface area contributed by atoms with E-state index in [0.29, 0.717) is 12.0 Å². The Bertz CT molecular complexity index is 921. The van der Waals surface area contributed by atoms with Crippen LogP contribution < -0.4 is 4.74 Å². The van der Waals surface area contributed by atoms with Crippen molar-refractivity contribution in [3.05, 3.63) is 42.1 Å². The van der Waals surface area contributed by atoms with Gasteiger partial charge in [0, 0.05) is 29.0 Å². The van der Waals surface area contributed by atoms with Gasteiger partial charge in [0.1, 0.15) is 17.0 Å². The molecule has 0 unspecified atom stereocenters. The first-order valence-electron chi connectivity index (χ1n) is 11.0. The lowest BCUT2D eigenvalue weighted by molar-refractivity contribution is -0.123. The van der Waals surface area contributed by atoms with E-state index in [1.54, 1.807) is 25.6 Å². The maximum absolute atomic E-state index is 14.0. The number of alkyl halides is 1. The molecule has 1 saturated carbocycles. The van der Waals surface area contributed by atoms with Crippen LogP contribution in [0.3, 0.4) is 0 Å². The summed E-state index contributed by atoms with van der Waals surface area (Å²) in [5, 5.41) is 0. The lowest BCUT2D eigenvalue weighted by Crippen LogP contribution is -2.59. The summed E-state index contributed by atoms with van der Waals surface area (Å²) in [7, 11) is 0. The molecule has 0 atom stereocenters. The van der Waals surface area contributed by atoms with Crippen molar-refractivity contribution in [1.82, 2.24) is 9.88 Å². The minimum absolute atomic E-state index is 0.0348. The van der Waals surface area contributed by atoms with Crippen molar-refractivity contribution >= 4 is 11.8 Å². The predicted molar refractivity (Wildman–Crippen MR) is 121 cm³/mol. The summed E-state index contributed by atoms with van der Waals surface area (Å²) < 4.78 is 20.4. The van der Waals surface area contributed by atoms with Crippen molar-refractivity contribution in [3.63, 3.8) is 0 Å². The molecule has 0 amide bonds. The Morgan fingerprint density at radius 3 is 2.50 bits per heavy atom. The van der Waals surface area contributed by atoms with Crippen LogP contribution in [0.2, 0.25) is 0 Å². The van der Waals surface area contributed by atoms with Gasteiger partial charge in [-0.2, -0.15) is 0 Å². The molecule has 0 bridgehead atoms. The fraction of sp³-hybridized carbons (Fsp3) is 0.560. The third-order valence-corrected chi connectivity index (χ3v) is 7.83. The maximum atomic E-state index is 14.0. The van der Waals surface area contributed by atoms with Gasteiger partial charge in [0.15, 0.2) is 0 Å². The monoisotopic (exact) mass is 426 g/mol. The van der Waals surface area contributed by atoms with Crippen LogP contribution in [0, 0.1) is 5.41 Å². The van der Waals surface area contributed by atoms with Crippen LogP contribution in [0.5, 0.6) is 5.75 Å². The molecule has 1 aromatic heterocycles. The molecule has 30 heavy (non-hydrogen) atoms. The van der Waals surface area contributed by atoms with Gasteiger partial charge in [0.2, 0.25) is 0 Å². The number of fused-ring (bicyclic) bond motifs is 1. The van der Waals surface area contributed by atoms with Gasteiger partial charge in [-0.1, -0.05) is 12.1 Å². The highest BCUT2D eigenvalue weighted by Crippen LogP contribution is 2.60. The van der Waals surface area contributed by atoms with E-state index in [0.717, 1.165) is 62.2 Å². The van der Waals surface area contributed by atoms with E-state index in [2.05, 4.69) is 46.5 Å². The number of thioether (sulfide) groups is 1. The molecule has 5 heteroatoms. The molecule has 1 saturated heterocycles. The number of piperidine rings is 1. The topological polar surface area (TPSA) is 25.4 Å². The van der Waals surface area contributed by atoms with Gasteiger partial charge < -0.3 is 9.64 Å². The summed E-state index contributed by atoms with van der Waals surface area (Å²) >= 11 is 1.75. The average Bonchev–Trinajstić information content (AvgIpc) is 3.06. The van der Waals surface area contributed by atoms with E-state index in [1.165, 1.54) is 10.5 Å². The number of benzene rings is 1. The molecule has 160 valence electrons. The first-order valence-corrected chi connectivity index (χ1v) is 12.2. The second kappa shape index (κ2) is 7.23. The van der Waals surface area contributed by atoms with E-state index in [9.17, 15) is 4.39 Å². The third kappa shape index (κ3) is 3.87. The number of aromatic nitrogens is 1. The van der Waals surface area contributed by atoms with Gasteiger partial charge in [0.05, 0.1) is 11.9 Å². The molecule has 3 heterocycles. The van der Waals surface area contributed by atoms with Gasteiger partial charge in [-0.15, -0.1) is 11.8 Å².